The fourth-order valence-corrected chi connectivity index (χ4v) is 4.49. The topological polar surface area (TPSA) is 138 Å². The minimum atomic E-state index is -2.95. The maximum Gasteiger partial charge on any atom is 0.387 e. The van der Waals surface area contributed by atoms with Crippen LogP contribution in [0.1, 0.15) is 5.56 Å². The van der Waals surface area contributed by atoms with Crippen molar-refractivity contribution >= 4 is 46.1 Å². The Balaban J connectivity index is 1.36. The number of rotatable bonds is 8. The molecule has 2 aromatic heterocycles. The Morgan fingerprint density at radius 2 is 1.84 bits per heavy atom. The second-order valence-corrected chi connectivity index (χ2v) is 8.87. The van der Waals surface area contributed by atoms with Gasteiger partial charge in [-0.1, -0.05) is 12.1 Å². The van der Waals surface area contributed by atoms with Crippen LogP contribution in [0.2, 0.25) is 0 Å². The number of carbonyl (C=O) groups excluding carboxylic acids is 3. The number of amides is 3. The van der Waals surface area contributed by atoms with Crippen LogP contribution in [0.5, 0.6) is 5.75 Å². The molecule has 194 valence electrons. The third-order valence-electron chi connectivity index (χ3n) is 5.47. The average molecular weight is 535 g/mol. The first-order valence-electron chi connectivity index (χ1n) is 10.7. The Kier molecular flexibility index (Phi) is 7.24. The molecule has 0 bridgehead atoms. The molecule has 0 spiro atoms. The van der Waals surface area contributed by atoms with Crippen LogP contribution >= 0.6 is 11.8 Å². The molecule has 1 N–H and O–H groups in total. The molecule has 37 heavy (non-hydrogen) atoms. The molecule has 0 atom stereocenters. The second kappa shape index (κ2) is 10.4. The van der Waals surface area contributed by atoms with Crippen molar-refractivity contribution in [2.75, 3.05) is 13.1 Å². The Morgan fingerprint density at radius 3 is 2.51 bits per heavy atom. The molecule has 3 aromatic rings. The molecule has 0 aliphatic carbocycles. The molecule has 0 radical (unpaired) electrons. The summed E-state index contributed by atoms with van der Waals surface area (Å²) in [5.41, 5.74) is -0.400. The van der Waals surface area contributed by atoms with E-state index in [1.165, 1.54) is 59.9 Å². The lowest BCUT2D eigenvalue weighted by atomic mass is 10.2. The Bertz CT molecular complexity index is 1540. The Hall–Kier alpha value is -4.27. The van der Waals surface area contributed by atoms with Crippen LogP contribution in [0.25, 0.3) is 17.2 Å². The molecule has 15 heteroatoms. The number of hydrogen-bond acceptors (Lipinski definition) is 8. The van der Waals surface area contributed by atoms with Gasteiger partial charge in [-0.05, 0) is 35.5 Å². The summed E-state index contributed by atoms with van der Waals surface area (Å²) in [4.78, 5) is 67.1. The Morgan fingerprint density at radius 1 is 1.14 bits per heavy atom. The van der Waals surface area contributed by atoms with E-state index in [0.717, 1.165) is 21.2 Å². The van der Waals surface area contributed by atoms with Crippen molar-refractivity contribution in [1.29, 1.82) is 0 Å². The van der Waals surface area contributed by atoms with Gasteiger partial charge in [0.2, 0.25) is 5.91 Å². The number of nitrogens with zero attached hydrogens (tertiary/aromatic N) is 5. The maximum absolute atomic E-state index is 12.6. The van der Waals surface area contributed by atoms with Crippen molar-refractivity contribution in [2.45, 2.75) is 13.2 Å². The second-order valence-electron chi connectivity index (χ2n) is 7.88. The summed E-state index contributed by atoms with van der Waals surface area (Å²) >= 11 is 0.718. The van der Waals surface area contributed by atoms with Gasteiger partial charge in [0.05, 0.1) is 11.2 Å². The van der Waals surface area contributed by atoms with E-state index < -0.39 is 34.9 Å². The highest BCUT2D eigenvalue weighted by Crippen LogP contribution is 2.32. The van der Waals surface area contributed by atoms with E-state index in [0.29, 0.717) is 5.56 Å². The molecular weight excluding hydrogens is 514 g/mol. The molecule has 3 heterocycles. The molecule has 1 aliphatic heterocycles. The van der Waals surface area contributed by atoms with Gasteiger partial charge in [-0.3, -0.25) is 33.2 Å². The average Bonchev–Trinajstić information content (AvgIpc) is 3.38. The molecule has 0 unspecified atom stereocenters. The SMILES string of the molecule is Cn1c(=O)c2c(ncn2CC(=O)NCCN2C(=O)SC(=Cc3ccc(OC(F)F)cc3)C2=O)n(C)c1=O. The molecule has 4 rings (SSSR count). The summed E-state index contributed by atoms with van der Waals surface area (Å²) in [7, 11) is 2.78. The number of alkyl halides is 2. The first-order chi connectivity index (χ1) is 17.6. The number of ether oxygens (including phenoxy) is 1. The lowest BCUT2D eigenvalue weighted by Gasteiger charge is -2.13. The van der Waals surface area contributed by atoms with E-state index in [2.05, 4.69) is 15.0 Å². The number of halogens is 2. The van der Waals surface area contributed by atoms with Gasteiger partial charge in [-0.15, -0.1) is 0 Å². The van der Waals surface area contributed by atoms with E-state index in [4.69, 9.17) is 0 Å². The monoisotopic (exact) mass is 534 g/mol. The number of fused-ring (bicyclic) bond motifs is 1. The fourth-order valence-electron chi connectivity index (χ4n) is 3.62. The summed E-state index contributed by atoms with van der Waals surface area (Å²) in [6.45, 7) is -3.34. The van der Waals surface area contributed by atoms with Crippen molar-refractivity contribution in [2.24, 2.45) is 14.1 Å². The number of benzene rings is 1. The highest BCUT2D eigenvalue weighted by molar-refractivity contribution is 8.18. The maximum atomic E-state index is 12.6. The van der Waals surface area contributed by atoms with E-state index in [-0.39, 0.29) is 41.5 Å². The number of thioether (sulfide) groups is 1. The van der Waals surface area contributed by atoms with Gasteiger partial charge >= 0.3 is 12.3 Å². The largest absolute Gasteiger partial charge is 0.435 e. The first kappa shape index (κ1) is 25.8. The van der Waals surface area contributed by atoms with Crippen molar-refractivity contribution in [3.05, 3.63) is 61.9 Å². The third kappa shape index (κ3) is 5.30. The number of aryl methyl sites for hydroxylation is 1. The molecule has 1 fully saturated rings. The van der Waals surface area contributed by atoms with Crippen LogP contribution in [0, 0.1) is 0 Å². The summed E-state index contributed by atoms with van der Waals surface area (Å²) in [6, 6.07) is 5.57. The number of imide groups is 1. The van der Waals surface area contributed by atoms with Gasteiger partial charge in [0, 0.05) is 27.2 Å². The predicted molar refractivity (Wildman–Crippen MR) is 129 cm³/mol. The van der Waals surface area contributed by atoms with Gasteiger partial charge in [0.25, 0.3) is 16.7 Å². The van der Waals surface area contributed by atoms with Crippen LogP contribution in [0.15, 0.2) is 45.1 Å². The molecule has 1 aromatic carbocycles. The van der Waals surface area contributed by atoms with Crippen LogP contribution < -0.4 is 21.3 Å². The van der Waals surface area contributed by atoms with Crippen molar-refractivity contribution in [1.82, 2.24) is 28.9 Å². The van der Waals surface area contributed by atoms with E-state index >= 15 is 0 Å². The van der Waals surface area contributed by atoms with Crippen LogP contribution in [-0.4, -0.2) is 60.3 Å². The van der Waals surface area contributed by atoms with E-state index in [9.17, 15) is 32.8 Å². The summed E-state index contributed by atoms with van der Waals surface area (Å²) in [5.74, 6) is -1.09. The summed E-state index contributed by atoms with van der Waals surface area (Å²) < 4.78 is 32.2. The minimum absolute atomic E-state index is 0.0348. The van der Waals surface area contributed by atoms with Crippen molar-refractivity contribution in [3.63, 3.8) is 0 Å². The lowest BCUT2D eigenvalue weighted by Crippen LogP contribution is -2.39. The molecule has 12 nitrogen and oxygen atoms in total. The summed E-state index contributed by atoms with van der Waals surface area (Å²) in [6.07, 6.45) is 2.73. The number of aromatic nitrogens is 4. The van der Waals surface area contributed by atoms with E-state index in [1.807, 2.05) is 0 Å². The zero-order valence-corrected chi connectivity index (χ0v) is 20.3. The highest BCUT2D eigenvalue weighted by Gasteiger charge is 2.34. The number of carbonyl (C=O) groups is 3. The van der Waals surface area contributed by atoms with Crippen LogP contribution in [-0.2, 0) is 30.2 Å². The first-order valence-corrected chi connectivity index (χ1v) is 11.6. The van der Waals surface area contributed by atoms with Crippen molar-refractivity contribution < 1.29 is 27.9 Å². The molecule has 1 saturated heterocycles. The van der Waals surface area contributed by atoms with Gasteiger partial charge < -0.3 is 14.6 Å². The third-order valence-corrected chi connectivity index (χ3v) is 6.37. The number of nitrogens with one attached hydrogen (secondary N) is 1. The van der Waals surface area contributed by atoms with Crippen LogP contribution in [0.3, 0.4) is 0 Å². The summed E-state index contributed by atoms with van der Waals surface area (Å²) in [5, 5.41) is 2.06. The predicted octanol–water partition coefficient (Wildman–Crippen LogP) is 0.888. The highest BCUT2D eigenvalue weighted by atomic mass is 32.2. The molecule has 3 amide bonds. The standard InChI is InChI=1S/C22H20F2N6O6S/c1-27-17-16(19(33)28(2)21(27)34)29(11-26-17)10-15(31)25-7-8-30-18(32)14(37-22(30)35)9-12-3-5-13(6-4-12)36-20(23)24/h3-6,9,11,20H,7-8,10H2,1-2H3,(H,25,31). The fraction of sp³-hybridized carbons (Fsp3) is 0.273. The normalized spacial score (nSPS) is 14.8. The molecule has 0 saturated carbocycles. The smallest absolute Gasteiger partial charge is 0.387 e. The van der Waals surface area contributed by atoms with Gasteiger partial charge in [0.15, 0.2) is 11.2 Å². The number of imidazole rings is 1. The van der Waals surface area contributed by atoms with E-state index in [1.54, 1.807) is 0 Å². The zero-order chi connectivity index (χ0) is 26.9. The van der Waals surface area contributed by atoms with Gasteiger partial charge in [-0.2, -0.15) is 8.78 Å². The van der Waals surface area contributed by atoms with Crippen molar-refractivity contribution in [3.8, 4) is 5.75 Å². The quantitative estimate of drug-likeness (QED) is 0.421. The Labute approximate surface area is 211 Å². The molecular formula is C22H20F2N6O6S. The van der Waals surface area contributed by atoms with Crippen LogP contribution in [0.4, 0.5) is 13.6 Å². The zero-order valence-electron chi connectivity index (χ0n) is 19.5. The molecule has 1 aliphatic rings. The lowest BCUT2D eigenvalue weighted by molar-refractivity contribution is -0.124. The van der Waals surface area contributed by atoms with Gasteiger partial charge in [-0.25, -0.2) is 9.78 Å². The number of hydrogen-bond donors (Lipinski definition) is 1. The van der Waals surface area contributed by atoms with Gasteiger partial charge in [0.1, 0.15) is 12.3 Å². The minimum Gasteiger partial charge on any atom is -0.435 e.